The Morgan fingerprint density at radius 3 is 2.58 bits per heavy atom. The number of aryl methyl sites for hydroxylation is 2. The summed E-state index contributed by atoms with van der Waals surface area (Å²) in [4.78, 5) is 15.0. The third kappa shape index (κ3) is 5.37. The van der Waals surface area contributed by atoms with Gasteiger partial charge in [-0.25, -0.2) is 4.39 Å². The summed E-state index contributed by atoms with van der Waals surface area (Å²) in [6.45, 7) is 6.02. The van der Waals surface area contributed by atoms with Gasteiger partial charge in [-0.3, -0.25) is 9.69 Å². The number of halogens is 2. The summed E-state index contributed by atoms with van der Waals surface area (Å²) in [5.74, 6) is 0.781. The number of amides is 1. The summed E-state index contributed by atoms with van der Waals surface area (Å²) >= 11 is 6.34. The van der Waals surface area contributed by atoms with Gasteiger partial charge in [0.25, 0.3) is 5.91 Å². The molecule has 1 atom stereocenters. The SMILES string of the molecule is Cc1noc(C)c1COc1ccc(C(=O)NCC(c2c(F)cccc2Cl)N2CCCC2)cc1. The first kappa shape index (κ1) is 23.3. The second kappa shape index (κ2) is 10.4. The van der Waals surface area contributed by atoms with Crippen LogP contribution in [0, 0.1) is 19.7 Å². The Kier molecular flexibility index (Phi) is 7.30. The highest BCUT2D eigenvalue weighted by molar-refractivity contribution is 6.31. The smallest absolute Gasteiger partial charge is 0.251 e. The van der Waals surface area contributed by atoms with Crippen LogP contribution < -0.4 is 10.1 Å². The molecule has 4 rings (SSSR count). The van der Waals surface area contributed by atoms with E-state index in [4.69, 9.17) is 20.9 Å². The van der Waals surface area contributed by atoms with Crippen molar-refractivity contribution in [2.75, 3.05) is 19.6 Å². The molecule has 2 heterocycles. The van der Waals surface area contributed by atoms with Gasteiger partial charge in [0.1, 0.15) is 23.9 Å². The minimum absolute atomic E-state index is 0.232. The van der Waals surface area contributed by atoms with Crippen LogP contribution in [0.25, 0.3) is 0 Å². The van der Waals surface area contributed by atoms with E-state index in [1.165, 1.54) is 6.07 Å². The Balaban J connectivity index is 1.40. The van der Waals surface area contributed by atoms with E-state index in [0.717, 1.165) is 42.9 Å². The van der Waals surface area contributed by atoms with Crippen LogP contribution in [0.5, 0.6) is 5.75 Å². The predicted octanol–water partition coefficient (Wildman–Crippen LogP) is 5.23. The first-order chi connectivity index (χ1) is 15.9. The molecule has 1 aromatic heterocycles. The molecule has 6 nitrogen and oxygen atoms in total. The molecule has 1 N–H and O–H groups in total. The molecule has 3 aromatic rings. The zero-order valence-electron chi connectivity index (χ0n) is 18.7. The van der Waals surface area contributed by atoms with Crippen LogP contribution in [0.1, 0.15) is 51.8 Å². The lowest BCUT2D eigenvalue weighted by Crippen LogP contribution is -2.37. The lowest BCUT2D eigenvalue weighted by Gasteiger charge is -2.29. The molecule has 1 aliphatic rings. The lowest BCUT2D eigenvalue weighted by atomic mass is 10.0. The standard InChI is InChI=1S/C25H27ClFN3O3/c1-16-20(17(2)33-29-16)15-32-19-10-8-18(9-11-19)25(31)28-14-23(30-12-3-4-13-30)24-21(26)6-5-7-22(24)27/h5-11,23H,3-4,12-15H2,1-2H3,(H,28,31). The predicted molar refractivity (Wildman–Crippen MR) is 124 cm³/mol. The van der Waals surface area contributed by atoms with Gasteiger partial charge in [-0.15, -0.1) is 0 Å². The fraction of sp³-hybridized carbons (Fsp3) is 0.360. The van der Waals surface area contributed by atoms with Crippen molar-refractivity contribution in [1.82, 2.24) is 15.4 Å². The minimum atomic E-state index is -0.353. The van der Waals surface area contributed by atoms with Gasteiger partial charge >= 0.3 is 0 Å². The van der Waals surface area contributed by atoms with Crippen molar-refractivity contribution in [3.05, 3.63) is 81.4 Å². The van der Waals surface area contributed by atoms with Gasteiger partial charge in [0.15, 0.2) is 0 Å². The van der Waals surface area contributed by atoms with Gasteiger partial charge in [-0.1, -0.05) is 22.8 Å². The van der Waals surface area contributed by atoms with Crippen LogP contribution >= 0.6 is 11.6 Å². The van der Waals surface area contributed by atoms with Gasteiger partial charge in [0.2, 0.25) is 0 Å². The Bertz CT molecular complexity index is 1070. The van der Waals surface area contributed by atoms with E-state index in [2.05, 4.69) is 15.4 Å². The first-order valence-electron chi connectivity index (χ1n) is 11.0. The monoisotopic (exact) mass is 471 g/mol. The second-order valence-corrected chi connectivity index (χ2v) is 8.63. The summed E-state index contributed by atoms with van der Waals surface area (Å²) in [6, 6.07) is 11.3. The molecule has 8 heteroatoms. The minimum Gasteiger partial charge on any atom is -0.489 e. The number of benzene rings is 2. The van der Waals surface area contributed by atoms with E-state index in [9.17, 15) is 9.18 Å². The average Bonchev–Trinajstić information content (AvgIpc) is 3.45. The van der Waals surface area contributed by atoms with Crippen molar-refractivity contribution in [2.24, 2.45) is 0 Å². The molecular formula is C25H27ClFN3O3. The summed E-state index contributed by atoms with van der Waals surface area (Å²) in [6.07, 6.45) is 2.10. The molecule has 1 saturated heterocycles. The largest absolute Gasteiger partial charge is 0.489 e. The van der Waals surface area contributed by atoms with E-state index < -0.39 is 0 Å². The van der Waals surface area contributed by atoms with Crippen molar-refractivity contribution >= 4 is 17.5 Å². The number of ether oxygens (including phenoxy) is 1. The molecular weight excluding hydrogens is 445 g/mol. The van der Waals surface area contributed by atoms with E-state index in [1.54, 1.807) is 36.4 Å². The van der Waals surface area contributed by atoms with Crippen LogP contribution in [0.3, 0.4) is 0 Å². The van der Waals surface area contributed by atoms with E-state index >= 15 is 0 Å². The molecule has 33 heavy (non-hydrogen) atoms. The van der Waals surface area contributed by atoms with Crippen LogP contribution in [0.2, 0.25) is 5.02 Å². The van der Waals surface area contributed by atoms with Crippen molar-refractivity contribution in [1.29, 1.82) is 0 Å². The van der Waals surface area contributed by atoms with Gasteiger partial charge in [0.05, 0.1) is 17.3 Å². The summed E-state index contributed by atoms with van der Waals surface area (Å²) < 4.78 is 25.6. The quantitative estimate of drug-likeness (QED) is 0.487. The highest BCUT2D eigenvalue weighted by atomic mass is 35.5. The zero-order valence-corrected chi connectivity index (χ0v) is 19.5. The fourth-order valence-electron chi connectivity index (χ4n) is 4.15. The molecule has 0 radical (unpaired) electrons. The van der Waals surface area contributed by atoms with Crippen LogP contribution in [-0.4, -0.2) is 35.6 Å². The maximum atomic E-state index is 14.6. The van der Waals surface area contributed by atoms with Gasteiger partial charge in [0, 0.05) is 22.7 Å². The Hall–Kier alpha value is -2.90. The Morgan fingerprint density at radius 1 is 1.21 bits per heavy atom. The van der Waals surface area contributed by atoms with Crippen LogP contribution in [0.15, 0.2) is 47.0 Å². The number of aromatic nitrogens is 1. The topological polar surface area (TPSA) is 67.6 Å². The molecule has 1 aliphatic heterocycles. The molecule has 1 fully saturated rings. The fourth-order valence-corrected chi connectivity index (χ4v) is 4.44. The Morgan fingerprint density at radius 2 is 1.94 bits per heavy atom. The van der Waals surface area contributed by atoms with Gasteiger partial charge in [-0.2, -0.15) is 0 Å². The highest BCUT2D eigenvalue weighted by Gasteiger charge is 2.28. The maximum absolute atomic E-state index is 14.6. The van der Waals surface area contributed by atoms with Crippen molar-refractivity contribution in [3.63, 3.8) is 0 Å². The van der Waals surface area contributed by atoms with Crippen molar-refractivity contribution < 1.29 is 18.4 Å². The van der Waals surface area contributed by atoms with Crippen molar-refractivity contribution in [3.8, 4) is 5.75 Å². The molecule has 0 saturated carbocycles. The summed E-state index contributed by atoms with van der Waals surface area (Å²) in [7, 11) is 0. The third-order valence-corrected chi connectivity index (χ3v) is 6.38. The number of hydrogen-bond acceptors (Lipinski definition) is 5. The summed E-state index contributed by atoms with van der Waals surface area (Å²) in [5, 5.41) is 7.24. The second-order valence-electron chi connectivity index (χ2n) is 8.22. The number of carbonyl (C=O) groups is 1. The van der Waals surface area contributed by atoms with Gasteiger partial charge in [-0.05, 0) is 76.2 Å². The molecule has 0 aliphatic carbocycles. The number of nitrogens with zero attached hydrogens (tertiary/aromatic N) is 2. The molecule has 2 aromatic carbocycles. The lowest BCUT2D eigenvalue weighted by molar-refractivity contribution is 0.0937. The van der Waals surface area contributed by atoms with Crippen molar-refractivity contribution in [2.45, 2.75) is 39.3 Å². The van der Waals surface area contributed by atoms with E-state index in [0.29, 0.717) is 28.5 Å². The molecule has 174 valence electrons. The van der Waals surface area contributed by atoms with Gasteiger partial charge < -0.3 is 14.6 Å². The maximum Gasteiger partial charge on any atom is 0.251 e. The molecule has 1 amide bonds. The number of nitrogens with one attached hydrogen (secondary N) is 1. The van der Waals surface area contributed by atoms with Crippen LogP contribution in [-0.2, 0) is 6.61 Å². The number of hydrogen-bond donors (Lipinski definition) is 1. The molecule has 0 bridgehead atoms. The summed E-state index contributed by atoms with van der Waals surface area (Å²) in [5.41, 5.74) is 2.64. The highest BCUT2D eigenvalue weighted by Crippen LogP contribution is 2.32. The number of rotatable bonds is 8. The Labute approximate surface area is 197 Å². The van der Waals surface area contributed by atoms with E-state index in [1.807, 2.05) is 13.8 Å². The zero-order chi connectivity index (χ0) is 23.4. The molecule has 1 unspecified atom stereocenters. The average molecular weight is 472 g/mol. The van der Waals surface area contributed by atoms with E-state index in [-0.39, 0.29) is 24.3 Å². The third-order valence-electron chi connectivity index (χ3n) is 6.05. The first-order valence-corrected chi connectivity index (χ1v) is 11.4. The van der Waals surface area contributed by atoms with Crippen LogP contribution in [0.4, 0.5) is 4.39 Å². The number of likely N-dealkylation sites (tertiary alicyclic amines) is 1. The number of carbonyl (C=O) groups excluding carboxylic acids is 1. The molecule has 0 spiro atoms. The normalized spacial score (nSPS) is 14.9.